The third-order valence-corrected chi connectivity index (χ3v) is 3.07. The molecule has 0 atom stereocenters. The number of ether oxygens (including phenoxy) is 1. The Morgan fingerprint density at radius 2 is 1.83 bits per heavy atom. The molecule has 92 valence electrons. The van der Waals surface area contributed by atoms with Crippen LogP contribution in [0.15, 0.2) is 46.9 Å². The molecule has 0 aliphatic carbocycles. The second-order valence-corrected chi connectivity index (χ2v) is 4.89. The molecular weight excluding hydrogens is 318 g/mol. The van der Waals surface area contributed by atoms with Crippen LogP contribution in [-0.2, 0) is 0 Å². The molecule has 0 fully saturated rings. The number of primary amides is 1. The predicted octanol–water partition coefficient (Wildman–Crippen LogP) is 3.99. The van der Waals surface area contributed by atoms with Crippen molar-refractivity contribution < 1.29 is 9.53 Å². The summed E-state index contributed by atoms with van der Waals surface area (Å²) in [5.74, 6) is 0.653. The number of halogens is 2. The van der Waals surface area contributed by atoms with Gasteiger partial charge in [-0.05, 0) is 42.5 Å². The molecule has 0 heterocycles. The molecule has 3 nitrogen and oxygen atoms in total. The van der Waals surface area contributed by atoms with Crippen LogP contribution in [0.2, 0.25) is 5.02 Å². The molecule has 18 heavy (non-hydrogen) atoms. The first kappa shape index (κ1) is 12.9. The first-order valence-electron chi connectivity index (χ1n) is 5.09. The molecular formula is C13H9BrClNO2. The van der Waals surface area contributed by atoms with Gasteiger partial charge in [-0.1, -0.05) is 27.5 Å². The number of hydrogen-bond acceptors (Lipinski definition) is 2. The van der Waals surface area contributed by atoms with E-state index in [9.17, 15) is 4.79 Å². The van der Waals surface area contributed by atoms with Crippen LogP contribution in [0.5, 0.6) is 11.5 Å². The van der Waals surface area contributed by atoms with E-state index in [1.165, 1.54) is 0 Å². The SMILES string of the molecule is NC(=O)c1ccc(Oc2cc(Br)ccc2Cl)cc1. The molecule has 2 rings (SSSR count). The first-order chi connectivity index (χ1) is 8.56. The van der Waals surface area contributed by atoms with E-state index in [0.29, 0.717) is 22.1 Å². The zero-order chi connectivity index (χ0) is 13.1. The van der Waals surface area contributed by atoms with E-state index < -0.39 is 5.91 Å². The van der Waals surface area contributed by atoms with Crippen molar-refractivity contribution in [1.29, 1.82) is 0 Å². The highest BCUT2D eigenvalue weighted by Crippen LogP contribution is 2.31. The van der Waals surface area contributed by atoms with Crippen molar-refractivity contribution in [3.05, 3.63) is 57.5 Å². The highest BCUT2D eigenvalue weighted by molar-refractivity contribution is 9.10. The van der Waals surface area contributed by atoms with Crippen LogP contribution in [0.25, 0.3) is 0 Å². The minimum atomic E-state index is -0.470. The fourth-order valence-electron chi connectivity index (χ4n) is 1.37. The summed E-state index contributed by atoms with van der Waals surface area (Å²) >= 11 is 9.35. The Kier molecular flexibility index (Phi) is 3.89. The van der Waals surface area contributed by atoms with Gasteiger partial charge in [-0.3, -0.25) is 4.79 Å². The molecule has 0 saturated carbocycles. The maximum absolute atomic E-state index is 10.9. The van der Waals surface area contributed by atoms with Crippen LogP contribution >= 0.6 is 27.5 Å². The van der Waals surface area contributed by atoms with Crippen molar-refractivity contribution in [3.63, 3.8) is 0 Å². The van der Waals surface area contributed by atoms with Crippen LogP contribution in [0.4, 0.5) is 0 Å². The lowest BCUT2D eigenvalue weighted by Gasteiger charge is -2.08. The number of hydrogen-bond donors (Lipinski definition) is 1. The molecule has 1 amide bonds. The van der Waals surface area contributed by atoms with Crippen molar-refractivity contribution in [1.82, 2.24) is 0 Å². The minimum absolute atomic E-state index is 0.433. The second kappa shape index (κ2) is 5.42. The summed E-state index contributed by atoms with van der Waals surface area (Å²) in [5.41, 5.74) is 5.59. The van der Waals surface area contributed by atoms with Gasteiger partial charge in [-0.2, -0.15) is 0 Å². The van der Waals surface area contributed by atoms with Crippen molar-refractivity contribution >= 4 is 33.4 Å². The topological polar surface area (TPSA) is 52.3 Å². The van der Waals surface area contributed by atoms with Crippen LogP contribution in [-0.4, -0.2) is 5.91 Å². The van der Waals surface area contributed by atoms with Gasteiger partial charge in [0, 0.05) is 10.0 Å². The largest absolute Gasteiger partial charge is 0.456 e. The van der Waals surface area contributed by atoms with Gasteiger partial charge in [0.15, 0.2) is 0 Å². The van der Waals surface area contributed by atoms with E-state index in [4.69, 9.17) is 22.1 Å². The van der Waals surface area contributed by atoms with Gasteiger partial charge < -0.3 is 10.5 Å². The average Bonchev–Trinajstić information content (AvgIpc) is 2.34. The fraction of sp³-hybridized carbons (Fsp3) is 0. The Bertz CT molecular complexity index is 584. The van der Waals surface area contributed by atoms with Crippen LogP contribution in [0, 0.1) is 0 Å². The van der Waals surface area contributed by atoms with Gasteiger partial charge in [0.2, 0.25) is 5.91 Å². The van der Waals surface area contributed by atoms with E-state index in [0.717, 1.165) is 4.47 Å². The Balaban J connectivity index is 2.23. The maximum Gasteiger partial charge on any atom is 0.248 e. The summed E-state index contributed by atoms with van der Waals surface area (Å²) in [7, 11) is 0. The van der Waals surface area contributed by atoms with Gasteiger partial charge in [0.05, 0.1) is 5.02 Å². The van der Waals surface area contributed by atoms with Gasteiger partial charge in [0.25, 0.3) is 0 Å². The molecule has 2 aromatic rings. The summed E-state index contributed by atoms with van der Waals surface area (Å²) in [6.07, 6.45) is 0. The lowest BCUT2D eigenvalue weighted by molar-refractivity contribution is 0.100. The molecule has 2 aromatic carbocycles. The Labute approximate surface area is 118 Å². The summed E-state index contributed by atoms with van der Waals surface area (Å²) in [5, 5.41) is 0.511. The van der Waals surface area contributed by atoms with E-state index in [1.54, 1.807) is 36.4 Å². The monoisotopic (exact) mass is 325 g/mol. The first-order valence-corrected chi connectivity index (χ1v) is 6.26. The average molecular weight is 327 g/mol. The smallest absolute Gasteiger partial charge is 0.248 e. The lowest BCUT2D eigenvalue weighted by atomic mass is 10.2. The molecule has 0 aliphatic heterocycles. The quantitative estimate of drug-likeness (QED) is 0.927. The third-order valence-electron chi connectivity index (χ3n) is 2.26. The normalized spacial score (nSPS) is 10.1. The number of nitrogens with two attached hydrogens (primary N) is 1. The fourth-order valence-corrected chi connectivity index (χ4v) is 1.87. The third kappa shape index (κ3) is 3.03. The molecule has 0 unspecified atom stereocenters. The Morgan fingerprint density at radius 1 is 1.17 bits per heavy atom. The molecule has 0 spiro atoms. The van der Waals surface area contributed by atoms with Crippen molar-refractivity contribution in [2.24, 2.45) is 5.73 Å². The number of carbonyl (C=O) groups is 1. The van der Waals surface area contributed by atoms with E-state index >= 15 is 0 Å². The van der Waals surface area contributed by atoms with Crippen molar-refractivity contribution in [2.75, 3.05) is 0 Å². The molecule has 0 aromatic heterocycles. The highest BCUT2D eigenvalue weighted by Gasteiger charge is 2.05. The molecule has 0 bridgehead atoms. The number of rotatable bonds is 3. The minimum Gasteiger partial charge on any atom is -0.456 e. The van der Waals surface area contributed by atoms with Crippen molar-refractivity contribution in [2.45, 2.75) is 0 Å². The zero-order valence-corrected chi connectivity index (χ0v) is 11.5. The van der Waals surface area contributed by atoms with E-state index in [-0.39, 0.29) is 0 Å². The maximum atomic E-state index is 10.9. The summed E-state index contributed by atoms with van der Waals surface area (Å²) in [4.78, 5) is 10.9. The van der Waals surface area contributed by atoms with Crippen LogP contribution in [0.3, 0.4) is 0 Å². The lowest BCUT2D eigenvalue weighted by Crippen LogP contribution is -2.10. The zero-order valence-electron chi connectivity index (χ0n) is 9.19. The van der Waals surface area contributed by atoms with Crippen LogP contribution in [0.1, 0.15) is 10.4 Å². The Morgan fingerprint density at radius 3 is 2.44 bits per heavy atom. The molecule has 0 saturated heterocycles. The number of carbonyl (C=O) groups excluding carboxylic acids is 1. The number of amides is 1. The van der Waals surface area contributed by atoms with Gasteiger partial charge in [-0.25, -0.2) is 0 Å². The van der Waals surface area contributed by atoms with Gasteiger partial charge >= 0.3 is 0 Å². The summed E-state index contributed by atoms with van der Waals surface area (Å²) in [6, 6.07) is 11.9. The summed E-state index contributed by atoms with van der Waals surface area (Å²) in [6.45, 7) is 0. The Hall–Kier alpha value is -1.52. The summed E-state index contributed by atoms with van der Waals surface area (Å²) < 4.78 is 6.48. The molecule has 0 aliphatic rings. The van der Waals surface area contributed by atoms with Crippen LogP contribution < -0.4 is 10.5 Å². The molecule has 5 heteroatoms. The predicted molar refractivity (Wildman–Crippen MR) is 74.2 cm³/mol. The standard InChI is InChI=1S/C13H9BrClNO2/c14-9-3-6-11(15)12(7-9)18-10-4-1-8(2-5-10)13(16)17/h1-7H,(H2,16,17). The van der Waals surface area contributed by atoms with E-state index in [2.05, 4.69) is 15.9 Å². The van der Waals surface area contributed by atoms with Crippen molar-refractivity contribution in [3.8, 4) is 11.5 Å². The highest BCUT2D eigenvalue weighted by atomic mass is 79.9. The molecule has 2 N–H and O–H groups in total. The van der Waals surface area contributed by atoms with E-state index in [1.807, 2.05) is 6.07 Å². The number of benzene rings is 2. The molecule has 0 radical (unpaired) electrons. The van der Waals surface area contributed by atoms with Gasteiger partial charge in [0.1, 0.15) is 11.5 Å². The second-order valence-electron chi connectivity index (χ2n) is 3.57. The van der Waals surface area contributed by atoms with Gasteiger partial charge in [-0.15, -0.1) is 0 Å².